The molecule has 6 nitrogen and oxygen atoms in total. The van der Waals surface area contributed by atoms with Crippen molar-refractivity contribution in [2.24, 2.45) is 5.14 Å². The Balaban J connectivity index is 2.82. The number of esters is 1. The molecule has 0 amide bonds. The topological polar surface area (TPSA) is 95.7 Å². The second kappa shape index (κ2) is 6.65. The third kappa shape index (κ3) is 4.62. The number of hydrogen-bond acceptors (Lipinski definition) is 5. The first kappa shape index (κ1) is 15.6. The summed E-state index contributed by atoms with van der Waals surface area (Å²) in [6.45, 7) is 2.31. The molecule has 0 aliphatic carbocycles. The predicted molar refractivity (Wildman–Crippen MR) is 69.3 cm³/mol. The molecule has 19 heavy (non-hydrogen) atoms. The predicted octanol–water partition coefficient (Wildman–Crippen LogP) is 0.836. The van der Waals surface area contributed by atoms with E-state index >= 15 is 0 Å². The van der Waals surface area contributed by atoms with Crippen LogP contribution in [0.25, 0.3) is 0 Å². The van der Waals surface area contributed by atoms with Gasteiger partial charge in [-0.2, -0.15) is 0 Å². The zero-order valence-electron chi connectivity index (χ0n) is 10.9. The monoisotopic (exact) mass is 287 g/mol. The lowest BCUT2D eigenvalue weighted by atomic mass is 10.1. The molecule has 0 atom stereocenters. The number of nitrogens with two attached hydrogens (primary N) is 1. The highest BCUT2D eigenvalue weighted by Crippen LogP contribution is 2.16. The van der Waals surface area contributed by atoms with Gasteiger partial charge in [-0.3, -0.25) is 0 Å². The van der Waals surface area contributed by atoms with Crippen LogP contribution in [0.15, 0.2) is 23.1 Å². The van der Waals surface area contributed by atoms with E-state index < -0.39 is 16.0 Å². The number of hydrogen-bond donors (Lipinski definition) is 1. The van der Waals surface area contributed by atoms with Gasteiger partial charge in [-0.15, -0.1) is 0 Å². The summed E-state index contributed by atoms with van der Waals surface area (Å²) in [5.41, 5.74) is 0.644. The molecular formula is C12H17NO5S. The van der Waals surface area contributed by atoms with E-state index in [0.29, 0.717) is 18.6 Å². The maximum Gasteiger partial charge on any atom is 0.338 e. The third-order valence-corrected chi connectivity index (χ3v) is 3.51. The summed E-state index contributed by atoms with van der Waals surface area (Å²) >= 11 is 0. The summed E-state index contributed by atoms with van der Waals surface area (Å²) in [5, 5.41) is 5.07. The average Bonchev–Trinajstić information content (AvgIpc) is 2.33. The Morgan fingerprint density at radius 3 is 2.58 bits per heavy atom. The van der Waals surface area contributed by atoms with Crippen LogP contribution in [0.2, 0.25) is 0 Å². The number of primary sulfonamides is 1. The number of ether oxygens (including phenoxy) is 2. The van der Waals surface area contributed by atoms with Gasteiger partial charge in [-0.1, -0.05) is 6.07 Å². The minimum atomic E-state index is -3.85. The highest BCUT2D eigenvalue weighted by molar-refractivity contribution is 7.89. The first-order chi connectivity index (χ1) is 8.86. The first-order valence-corrected chi connectivity index (χ1v) is 7.20. The minimum Gasteiger partial charge on any atom is -0.462 e. The van der Waals surface area contributed by atoms with Gasteiger partial charge in [0.05, 0.1) is 17.1 Å². The number of sulfonamides is 1. The SMILES string of the molecule is COCCCOC(=O)c1ccc(C)c(S(N)(=O)=O)c1. The summed E-state index contributed by atoms with van der Waals surface area (Å²) in [6, 6.07) is 4.25. The van der Waals surface area contributed by atoms with Crippen LogP contribution in [-0.4, -0.2) is 34.7 Å². The van der Waals surface area contributed by atoms with Crippen molar-refractivity contribution in [3.63, 3.8) is 0 Å². The van der Waals surface area contributed by atoms with Crippen LogP contribution in [0.4, 0.5) is 0 Å². The summed E-state index contributed by atoms with van der Waals surface area (Å²) in [6.07, 6.45) is 0.580. The number of aryl methyl sites for hydroxylation is 1. The largest absolute Gasteiger partial charge is 0.462 e. The van der Waals surface area contributed by atoms with E-state index in [9.17, 15) is 13.2 Å². The Morgan fingerprint density at radius 1 is 1.32 bits per heavy atom. The number of benzene rings is 1. The quantitative estimate of drug-likeness (QED) is 0.617. The van der Waals surface area contributed by atoms with Crippen molar-refractivity contribution in [2.45, 2.75) is 18.2 Å². The average molecular weight is 287 g/mol. The van der Waals surface area contributed by atoms with Crippen molar-refractivity contribution in [3.05, 3.63) is 29.3 Å². The molecule has 0 radical (unpaired) electrons. The second-order valence-electron chi connectivity index (χ2n) is 4.01. The highest BCUT2D eigenvalue weighted by atomic mass is 32.2. The summed E-state index contributed by atoms with van der Waals surface area (Å²) in [4.78, 5) is 11.6. The molecule has 0 unspecified atom stereocenters. The number of carbonyl (C=O) groups is 1. The fourth-order valence-corrected chi connectivity index (χ4v) is 2.29. The van der Waals surface area contributed by atoms with Gasteiger partial charge in [0.15, 0.2) is 0 Å². The number of methoxy groups -OCH3 is 1. The van der Waals surface area contributed by atoms with Crippen molar-refractivity contribution in [1.82, 2.24) is 0 Å². The van der Waals surface area contributed by atoms with Gasteiger partial charge in [0.25, 0.3) is 0 Å². The second-order valence-corrected chi connectivity index (χ2v) is 5.54. The lowest BCUT2D eigenvalue weighted by molar-refractivity contribution is 0.0468. The van der Waals surface area contributed by atoms with Crippen molar-refractivity contribution in [3.8, 4) is 0 Å². The van der Waals surface area contributed by atoms with Crippen LogP contribution < -0.4 is 5.14 Å². The fraction of sp³-hybridized carbons (Fsp3) is 0.417. The molecular weight excluding hydrogens is 270 g/mol. The molecule has 2 N–H and O–H groups in total. The molecule has 0 spiro atoms. The lowest BCUT2D eigenvalue weighted by Crippen LogP contribution is -2.15. The molecule has 1 aromatic carbocycles. The zero-order chi connectivity index (χ0) is 14.5. The van der Waals surface area contributed by atoms with Crippen LogP contribution in [0.1, 0.15) is 22.3 Å². The molecule has 0 aliphatic rings. The van der Waals surface area contributed by atoms with Gasteiger partial charge in [0, 0.05) is 20.1 Å². The van der Waals surface area contributed by atoms with Crippen LogP contribution in [0.3, 0.4) is 0 Å². The lowest BCUT2D eigenvalue weighted by Gasteiger charge is -2.07. The van der Waals surface area contributed by atoms with E-state index in [4.69, 9.17) is 14.6 Å². The Bertz CT molecular complexity index is 553. The van der Waals surface area contributed by atoms with Crippen molar-refractivity contribution < 1.29 is 22.7 Å². The van der Waals surface area contributed by atoms with Gasteiger partial charge in [0.1, 0.15) is 0 Å². The van der Waals surface area contributed by atoms with Gasteiger partial charge in [0.2, 0.25) is 10.0 Å². The number of rotatable bonds is 6. The van der Waals surface area contributed by atoms with Crippen LogP contribution >= 0.6 is 0 Å². The van der Waals surface area contributed by atoms with E-state index in [-0.39, 0.29) is 17.1 Å². The molecule has 1 aromatic rings. The maximum absolute atomic E-state index is 11.7. The Hall–Kier alpha value is -1.44. The Morgan fingerprint density at radius 2 is 2.00 bits per heavy atom. The van der Waals surface area contributed by atoms with Gasteiger partial charge in [-0.25, -0.2) is 18.4 Å². The number of carbonyl (C=O) groups excluding carboxylic acids is 1. The summed E-state index contributed by atoms with van der Waals surface area (Å²) in [5.74, 6) is -0.582. The highest BCUT2D eigenvalue weighted by Gasteiger charge is 2.15. The van der Waals surface area contributed by atoms with Gasteiger partial charge >= 0.3 is 5.97 Å². The van der Waals surface area contributed by atoms with Crippen LogP contribution in [0, 0.1) is 6.92 Å². The molecule has 0 heterocycles. The van der Waals surface area contributed by atoms with E-state index in [1.807, 2.05) is 0 Å². The molecule has 0 fully saturated rings. The molecule has 0 aromatic heterocycles. The van der Waals surface area contributed by atoms with Gasteiger partial charge < -0.3 is 9.47 Å². The Kier molecular flexibility index (Phi) is 5.46. The normalized spacial score (nSPS) is 11.3. The maximum atomic E-state index is 11.7. The molecule has 0 aliphatic heterocycles. The van der Waals surface area contributed by atoms with Crippen molar-refractivity contribution >= 4 is 16.0 Å². The van der Waals surface area contributed by atoms with Crippen LogP contribution in [-0.2, 0) is 19.5 Å². The molecule has 7 heteroatoms. The molecule has 0 saturated heterocycles. The van der Waals surface area contributed by atoms with Crippen molar-refractivity contribution in [1.29, 1.82) is 0 Å². The Labute approximate surface area is 112 Å². The third-order valence-electron chi connectivity index (χ3n) is 2.46. The summed E-state index contributed by atoms with van der Waals surface area (Å²) in [7, 11) is -2.29. The van der Waals surface area contributed by atoms with Crippen molar-refractivity contribution in [2.75, 3.05) is 20.3 Å². The standard InChI is InChI=1S/C12H17NO5S/c1-9-4-5-10(8-11(9)19(13,15)16)12(14)18-7-3-6-17-2/h4-5,8H,3,6-7H2,1-2H3,(H2,13,15,16). The van der Waals surface area contributed by atoms with Gasteiger partial charge in [-0.05, 0) is 24.6 Å². The molecule has 0 saturated carbocycles. The smallest absolute Gasteiger partial charge is 0.338 e. The van der Waals surface area contributed by atoms with E-state index in [0.717, 1.165) is 0 Å². The molecule has 106 valence electrons. The first-order valence-electron chi connectivity index (χ1n) is 5.66. The molecule has 1 rings (SSSR count). The molecule has 0 bridgehead atoms. The minimum absolute atomic E-state index is 0.0705. The zero-order valence-corrected chi connectivity index (χ0v) is 11.7. The van der Waals surface area contributed by atoms with E-state index in [1.165, 1.54) is 18.2 Å². The van der Waals surface area contributed by atoms with E-state index in [1.54, 1.807) is 14.0 Å². The fourth-order valence-electron chi connectivity index (χ4n) is 1.49. The van der Waals surface area contributed by atoms with E-state index in [2.05, 4.69) is 0 Å². The van der Waals surface area contributed by atoms with Crippen LogP contribution in [0.5, 0.6) is 0 Å². The summed E-state index contributed by atoms with van der Waals surface area (Å²) < 4.78 is 32.5.